The number of ether oxygens (including phenoxy) is 2. The van der Waals surface area contributed by atoms with Crippen LogP contribution in [0.1, 0.15) is 16.8 Å². The van der Waals surface area contributed by atoms with Crippen LogP contribution in [0.2, 0.25) is 0 Å². The molecule has 0 fully saturated rings. The molecule has 3 aromatic carbocycles. The van der Waals surface area contributed by atoms with Gasteiger partial charge in [0.1, 0.15) is 11.5 Å². The van der Waals surface area contributed by atoms with Crippen LogP contribution < -0.4 is 24.8 Å². The number of para-hydroxylation sites is 2. The molecule has 0 aliphatic heterocycles. The SMILES string of the molecule is COc1cc(Nc2nc3ccccc3nc2NS(=O)(=O)c2ccc(C(=O)NCCCN(C)C)cc2)cc(OC)c1. The van der Waals surface area contributed by atoms with E-state index in [1.54, 1.807) is 36.4 Å². The number of hydrogen-bond donors (Lipinski definition) is 3. The second kappa shape index (κ2) is 12.6. The van der Waals surface area contributed by atoms with Gasteiger partial charge in [0.2, 0.25) is 0 Å². The predicted molar refractivity (Wildman–Crippen MR) is 155 cm³/mol. The Morgan fingerprint density at radius 1 is 0.875 bits per heavy atom. The average Bonchev–Trinajstić information content (AvgIpc) is 2.95. The normalized spacial score (nSPS) is 11.3. The molecule has 40 heavy (non-hydrogen) atoms. The van der Waals surface area contributed by atoms with Crippen molar-refractivity contribution in [1.82, 2.24) is 20.2 Å². The number of fused-ring (bicyclic) bond motifs is 1. The first-order chi connectivity index (χ1) is 19.2. The molecule has 0 saturated carbocycles. The molecule has 0 unspecified atom stereocenters. The molecule has 0 bridgehead atoms. The number of amides is 1. The number of nitrogens with zero attached hydrogens (tertiary/aromatic N) is 3. The third-order valence-electron chi connectivity index (χ3n) is 5.91. The summed E-state index contributed by atoms with van der Waals surface area (Å²) in [4.78, 5) is 23.6. The van der Waals surface area contributed by atoms with Crippen molar-refractivity contribution < 1.29 is 22.7 Å². The van der Waals surface area contributed by atoms with Crippen LogP contribution in [0.25, 0.3) is 11.0 Å². The van der Waals surface area contributed by atoms with Crippen LogP contribution in [-0.4, -0.2) is 70.6 Å². The number of nitrogens with one attached hydrogen (secondary N) is 3. The lowest BCUT2D eigenvalue weighted by Crippen LogP contribution is -2.27. The minimum atomic E-state index is -4.07. The fourth-order valence-electron chi connectivity index (χ4n) is 3.85. The Balaban J connectivity index is 1.59. The van der Waals surface area contributed by atoms with Crippen molar-refractivity contribution in [2.24, 2.45) is 0 Å². The first kappa shape index (κ1) is 28.6. The number of carbonyl (C=O) groups excluding carboxylic acids is 1. The van der Waals surface area contributed by atoms with Crippen molar-refractivity contribution in [2.75, 3.05) is 51.4 Å². The van der Waals surface area contributed by atoms with Crippen LogP contribution >= 0.6 is 0 Å². The maximum absolute atomic E-state index is 13.3. The smallest absolute Gasteiger partial charge is 0.263 e. The van der Waals surface area contributed by atoms with E-state index in [4.69, 9.17) is 9.47 Å². The third-order valence-corrected chi connectivity index (χ3v) is 7.27. The maximum atomic E-state index is 13.3. The van der Waals surface area contributed by atoms with Gasteiger partial charge < -0.3 is 25.0 Å². The van der Waals surface area contributed by atoms with Gasteiger partial charge in [-0.2, -0.15) is 0 Å². The number of anilines is 3. The highest BCUT2D eigenvalue weighted by atomic mass is 32.2. The Hall–Kier alpha value is -4.42. The van der Waals surface area contributed by atoms with Crippen molar-refractivity contribution in [3.8, 4) is 11.5 Å². The van der Waals surface area contributed by atoms with E-state index in [0.29, 0.717) is 40.3 Å². The van der Waals surface area contributed by atoms with Crippen LogP contribution in [0, 0.1) is 0 Å². The molecule has 0 saturated heterocycles. The quantitative estimate of drug-likeness (QED) is 0.219. The second-order valence-electron chi connectivity index (χ2n) is 9.18. The third kappa shape index (κ3) is 7.16. The molecule has 1 amide bonds. The van der Waals surface area contributed by atoms with Crippen molar-refractivity contribution in [2.45, 2.75) is 11.3 Å². The van der Waals surface area contributed by atoms with Gasteiger partial charge in [-0.1, -0.05) is 12.1 Å². The molecule has 3 N–H and O–H groups in total. The number of sulfonamides is 1. The Morgan fingerprint density at radius 2 is 1.48 bits per heavy atom. The number of hydrogen-bond acceptors (Lipinski definition) is 9. The van der Waals surface area contributed by atoms with Crippen LogP contribution in [0.5, 0.6) is 11.5 Å². The van der Waals surface area contributed by atoms with Crippen molar-refractivity contribution in [3.05, 3.63) is 72.3 Å². The molecule has 4 aromatic rings. The van der Waals surface area contributed by atoms with Gasteiger partial charge in [0.05, 0.1) is 30.1 Å². The van der Waals surface area contributed by atoms with E-state index in [0.717, 1.165) is 13.0 Å². The average molecular weight is 565 g/mol. The Morgan fingerprint density at radius 3 is 2.05 bits per heavy atom. The zero-order valence-electron chi connectivity index (χ0n) is 22.8. The molecule has 0 radical (unpaired) electrons. The number of aromatic nitrogens is 2. The van der Waals surface area contributed by atoms with Gasteiger partial charge in [0.25, 0.3) is 15.9 Å². The number of carbonyl (C=O) groups is 1. The van der Waals surface area contributed by atoms with E-state index >= 15 is 0 Å². The lowest BCUT2D eigenvalue weighted by Gasteiger charge is -2.15. The van der Waals surface area contributed by atoms with Crippen LogP contribution in [0.15, 0.2) is 71.6 Å². The van der Waals surface area contributed by atoms with Gasteiger partial charge >= 0.3 is 0 Å². The zero-order valence-corrected chi connectivity index (χ0v) is 23.6. The molecule has 0 spiro atoms. The Bertz CT molecular complexity index is 1570. The van der Waals surface area contributed by atoms with Gasteiger partial charge in [0.15, 0.2) is 11.6 Å². The lowest BCUT2D eigenvalue weighted by molar-refractivity contribution is 0.0952. The topological polar surface area (TPSA) is 135 Å². The molecule has 0 aliphatic carbocycles. The largest absolute Gasteiger partial charge is 0.497 e. The summed E-state index contributed by atoms with van der Waals surface area (Å²) in [5.74, 6) is 1.00. The van der Waals surface area contributed by atoms with Gasteiger partial charge in [-0.3, -0.25) is 9.52 Å². The monoisotopic (exact) mass is 564 g/mol. The first-order valence-electron chi connectivity index (χ1n) is 12.5. The summed E-state index contributed by atoms with van der Waals surface area (Å²) in [7, 11) is 2.93. The molecule has 0 atom stereocenters. The molecule has 1 aromatic heterocycles. The number of rotatable bonds is 12. The number of methoxy groups -OCH3 is 2. The molecule has 210 valence electrons. The highest BCUT2D eigenvalue weighted by Gasteiger charge is 2.20. The summed E-state index contributed by atoms with van der Waals surface area (Å²) in [6.07, 6.45) is 0.806. The van der Waals surface area contributed by atoms with Crippen LogP contribution in [0.4, 0.5) is 17.3 Å². The van der Waals surface area contributed by atoms with E-state index in [9.17, 15) is 13.2 Å². The van der Waals surface area contributed by atoms with Gasteiger partial charge in [-0.25, -0.2) is 18.4 Å². The highest BCUT2D eigenvalue weighted by molar-refractivity contribution is 7.92. The lowest BCUT2D eigenvalue weighted by atomic mass is 10.2. The number of benzene rings is 3. The standard InChI is InChI=1S/C28H32N6O5S/c1-34(2)15-7-14-29-28(35)19-10-12-23(13-11-19)40(36,37)33-27-26(31-24-8-5-6-9-25(24)32-27)30-20-16-21(38-3)18-22(17-20)39-4/h5-6,8-13,16-18H,7,14-15H2,1-4H3,(H,29,35)(H,30,31)(H,32,33). The van der Waals surface area contributed by atoms with E-state index in [1.165, 1.54) is 38.5 Å². The molecular weight excluding hydrogens is 532 g/mol. The molecule has 1 heterocycles. The van der Waals surface area contributed by atoms with E-state index in [1.807, 2.05) is 25.1 Å². The minimum absolute atomic E-state index is 0.00296. The molecule has 11 nitrogen and oxygen atoms in total. The van der Waals surface area contributed by atoms with E-state index in [2.05, 4.69) is 25.3 Å². The summed E-state index contributed by atoms with van der Waals surface area (Å²) in [6, 6.07) is 18.0. The summed E-state index contributed by atoms with van der Waals surface area (Å²) in [5.41, 5.74) is 2.00. The Labute approximate surface area is 233 Å². The first-order valence-corrected chi connectivity index (χ1v) is 14.0. The van der Waals surface area contributed by atoms with Gasteiger partial charge in [-0.05, 0) is 63.5 Å². The summed E-state index contributed by atoms with van der Waals surface area (Å²) in [5, 5.41) is 5.97. The highest BCUT2D eigenvalue weighted by Crippen LogP contribution is 2.31. The predicted octanol–water partition coefficient (Wildman–Crippen LogP) is 3.87. The van der Waals surface area contributed by atoms with Crippen LogP contribution in [0.3, 0.4) is 0 Å². The van der Waals surface area contributed by atoms with Crippen molar-refractivity contribution >= 4 is 44.3 Å². The fraction of sp³-hybridized carbons (Fsp3) is 0.250. The molecule has 0 aliphatic rings. The molecule has 12 heteroatoms. The van der Waals surface area contributed by atoms with Crippen molar-refractivity contribution in [3.63, 3.8) is 0 Å². The Kier molecular flexibility index (Phi) is 9.02. The minimum Gasteiger partial charge on any atom is -0.497 e. The van der Waals surface area contributed by atoms with Crippen molar-refractivity contribution in [1.29, 1.82) is 0 Å². The summed E-state index contributed by atoms with van der Waals surface area (Å²) in [6.45, 7) is 1.37. The van der Waals surface area contributed by atoms with E-state index < -0.39 is 10.0 Å². The second-order valence-corrected chi connectivity index (χ2v) is 10.9. The molecular formula is C28H32N6O5S. The summed E-state index contributed by atoms with van der Waals surface area (Å²) >= 11 is 0. The fourth-order valence-corrected chi connectivity index (χ4v) is 4.85. The van der Waals surface area contributed by atoms with Crippen LogP contribution in [-0.2, 0) is 10.0 Å². The maximum Gasteiger partial charge on any atom is 0.263 e. The van der Waals surface area contributed by atoms with Gasteiger partial charge in [0, 0.05) is 36.0 Å². The van der Waals surface area contributed by atoms with E-state index in [-0.39, 0.29) is 22.4 Å². The summed E-state index contributed by atoms with van der Waals surface area (Å²) < 4.78 is 39.9. The zero-order chi connectivity index (χ0) is 28.7. The molecule has 4 rings (SSSR count). The van der Waals surface area contributed by atoms with Gasteiger partial charge in [-0.15, -0.1) is 0 Å².